The molecule has 1 aromatic carbocycles. The smallest absolute Gasteiger partial charge is 0.320 e. The van der Waals surface area contributed by atoms with E-state index in [2.05, 4.69) is 33.4 Å². The molecule has 1 aliphatic rings. The van der Waals surface area contributed by atoms with Gasteiger partial charge in [-0.1, -0.05) is 28.1 Å². The fourth-order valence-electron chi connectivity index (χ4n) is 2.21. The number of carbonyl (C=O) groups is 1. The summed E-state index contributed by atoms with van der Waals surface area (Å²) in [5.41, 5.74) is 1.33. The van der Waals surface area contributed by atoms with E-state index in [0.717, 1.165) is 17.3 Å². The molecule has 0 heterocycles. The summed E-state index contributed by atoms with van der Waals surface area (Å²) in [6.07, 6.45) is 2.04. The number of hydrogen-bond donors (Lipinski definition) is 2. The topological polar surface area (TPSA) is 49.3 Å². The quantitative estimate of drug-likeness (QED) is 0.898. The molecule has 0 amide bonds. The van der Waals surface area contributed by atoms with Crippen molar-refractivity contribution in [1.82, 2.24) is 5.32 Å². The standard InChI is InChI=1S/C13H16BrNO2/c1-8(13(16)17)15-12-6-10(7-12)9-3-2-4-11(14)5-9/h2-5,8,10,12,15H,6-7H2,1H3,(H,16,17)/t8-,10?,12?/m1/s1. The maximum Gasteiger partial charge on any atom is 0.320 e. The Morgan fingerprint density at radius 3 is 2.82 bits per heavy atom. The van der Waals surface area contributed by atoms with Crippen LogP contribution in [0.4, 0.5) is 0 Å². The molecular formula is C13H16BrNO2. The Kier molecular flexibility index (Phi) is 3.84. The Bertz CT molecular complexity index is 416. The van der Waals surface area contributed by atoms with Crippen LogP contribution in [0.2, 0.25) is 0 Å². The van der Waals surface area contributed by atoms with Crippen molar-refractivity contribution in [2.75, 3.05) is 0 Å². The second kappa shape index (κ2) is 5.19. The molecular weight excluding hydrogens is 282 g/mol. The molecule has 0 saturated heterocycles. The van der Waals surface area contributed by atoms with Crippen LogP contribution < -0.4 is 5.32 Å². The van der Waals surface area contributed by atoms with E-state index in [1.54, 1.807) is 6.92 Å². The van der Waals surface area contributed by atoms with E-state index >= 15 is 0 Å². The molecule has 4 heteroatoms. The number of halogens is 1. The molecule has 1 fully saturated rings. The highest BCUT2D eigenvalue weighted by atomic mass is 79.9. The van der Waals surface area contributed by atoms with E-state index in [4.69, 9.17) is 5.11 Å². The van der Waals surface area contributed by atoms with Gasteiger partial charge in [0.1, 0.15) is 6.04 Å². The number of benzene rings is 1. The predicted molar refractivity (Wildman–Crippen MR) is 70.1 cm³/mol. The fourth-order valence-corrected chi connectivity index (χ4v) is 2.63. The molecule has 0 aliphatic heterocycles. The number of carboxylic acids is 1. The monoisotopic (exact) mass is 297 g/mol. The van der Waals surface area contributed by atoms with Gasteiger partial charge >= 0.3 is 5.97 Å². The first kappa shape index (κ1) is 12.6. The van der Waals surface area contributed by atoms with Gasteiger partial charge in [0.2, 0.25) is 0 Å². The summed E-state index contributed by atoms with van der Waals surface area (Å²) in [5, 5.41) is 11.9. The highest BCUT2D eigenvalue weighted by Gasteiger charge is 2.31. The van der Waals surface area contributed by atoms with E-state index in [1.165, 1.54) is 5.56 Å². The van der Waals surface area contributed by atoms with Crippen molar-refractivity contribution in [3.8, 4) is 0 Å². The minimum atomic E-state index is -0.782. The van der Waals surface area contributed by atoms with Crippen molar-refractivity contribution in [3.05, 3.63) is 34.3 Å². The number of carboxylic acid groups (broad SMARTS) is 1. The number of rotatable bonds is 4. The summed E-state index contributed by atoms with van der Waals surface area (Å²) < 4.78 is 1.10. The van der Waals surface area contributed by atoms with Crippen molar-refractivity contribution in [2.24, 2.45) is 0 Å². The van der Waals surface area contributed by atoms with E-state index in [9.17, 15) is 4.79 Å². The van der Waals surface area contributed by atoms with Gasteiger partial charge in [-0.25, -0.2) is 0 Å². The third kappa shape index (κ3) is 3.07. The van der Waals surface area contributed by atoms with Crippen molar-refractivity contribution in [2.45, 2.75) is 37.8 Å². The lowest BCUT2D eigenvalue weighted by molar-refractivity contribution is -0.139. The molecule has 1 atom stereocenters. The Morgan fingerprint density at radius 2 is 2.24 bits per heavy atom. The molecule has 0 aromatic heterocycles. The van der Waals surface area contributed by atoms with Gasteiger partial charge in [0.05, 0.1) is 0 Å². The molecule has 92 valence electrons. The Labute approximate surface area is 109 Å². The molecule has 17 heavy (non-hydrogen) atoms. The lowest BCUT2D eigenvalue weighted by Crippen LogP contribution is -2.47. The van der Waals surface area contributed by atoms with Gasteiger partial charge in [-0.2, -0.15) is 0 Å². The van der Waals surface area contributed by atoms with Gasteiger partial charge < -0.3 is 10.4 Å². The van der Waals surface area contributed by atoms with Gasteiger partial charge in [0.25, 0.3) is 0 Å². The van der Waals surface area contributed by atoms with E-state index in [0.29, 0.717) is 12.0 Å². The molecule has 2 N–H and O–H groups in total. The van der Waals surface area contributed by atoms with Crippen LogP contribution in [0.5, 0.6) is 0 Å². The van der Waals surface area contributed by atoms with Crippen molar-refractivity contribution in [1.29, 1.82) is 0 Å². The van der Waals surface area contributed by atoms with Gasteiger partial charge in [-0.3, -0.25) is 4.79 Å². The summed E-state index contributed by atoms with van der Waals surface area (Å²) in [6, 6.07) is 8.21. The average molecular weight is 298 g/mol. The second-order valence-electron chi connectivity index (χ2n) is 4.65. The first-order chi connectivity index (χ1) is 8.06. The van der Waals surface area contributed by atoms with Gasteiger partial charge in [-0.05, 0) is 43.4 Å². The molecule has 0 unspecified atom stereocenters. The zero-order valence-corrected chi connectivity index (χ0v) is 11.3. The molecule has 1 saturated carbocycles. The van der Waals surface area contributed by atoms with Gasteiger partial charge in [-0.15, -0.1) is 0 Å². The molecule has 2 rings (SSSR count). The first-order valence-electron chi connectivity index (χ1n) is 5.80. The number of nitrogens with one attached hydrogen (secondary N) is 1. The second-order valence-corrected chi connectivity index (χ2v) is 5.56. The number of hydrogen-bond acceptors (Lipinski definition) is 2. The van der Waals surface area contributed by atoms with Gasteiger partial charge in [0, 0.05) is 10.5 Å². The van der Waals surface area contributed by atoms with Crippen LogP contribution in [-0.2, 0) is 4.79 Å². The van der Waals surface area contributed by atoms with Crippen LogP contribution in [0.15, 0.2) is 28.7 Å². The summed E-state index contributed by atoms with van der Waals surface area (Å²) in [4.78, 5) is 10.7. The van der Waals surface area contributed by atoms with Crippen LogP contribution in [0, 0.1) is 0 Å². The first-order valence-corrected chi connectivity index (χ1v) is 6.60. The van der Waals surface area contributed by atoms with Crippen LogP contribution in [0.1, 0.15) is 31.2 Å². The third-order valence-corrected chi connectivity index (χ3v) is 3.81. The third-order valence-electron chi connectivity index (χ3n) is 3.31. The molecule has 0 radical (unpaired) electrons. The summed E-state index contributed by atoms with van der Waals surface area (Å²) in [6.45, 7) is 1.69. The minimum Gasteiger partial charge on any atom is -0.480 e. The van der Waals surface area contributed by atoms with E-state index in [-0.39, 0.29) is 0 Å². The summed E-state index contributed by atoms with van der Waals surface area (Å²) in [7, 11) is 0. The zero-order valence-electron chi connectivity index (χ0n) is 9.69. The molecule has 0 bridgehead atoms. The molecule has 0 spiro atoms. The lowest BCUT2D eigenvalue weighted by Gasteiger charge is -2.37. The van der Waals surface area contributed by atoms with Crippen LogP contribution >= 0.6 is 15.9 Å². The average Bonchev–Trinajstić information content (AvgIpc) is 2.22. The Hall–Kier alpha value is -0.870. The van der Waals surface area contributed by atoms with Gasteiger partial charge in [0.15, 0.2) is 0 Å². The Balaban J connectivity index is 1.85. The molecule has 1 aromatic rings. The Morgan fingerprint density at radius 1 is 1.53 bits per heavy atom. The maximum absolute atomic E-state index is 10.7. The van der Waals surface area contributed by atoms with Crippen molar-refractivity contribution < 1.29 is 9.90 Å². The van der Waals surface area contributed by atoms with E-state index in [1.807, 2.05) is 12.1 Å². The lowest BCUT2D eigenvalue weighted by atomic mass is 9.75. The largest absolute Gasteiger partial charge is 0.480 e. The maximum atomic E-state index is 10.7. The van der Waals surface area contributed by atoms with Crippen molar-refractivity contribution in [3.63, 3.8) is 0 Å². The van der Waals surface area contributed by atoms with Crippen LogP contribution in [0.3, 0.4) is 0 Å². The normalized spacial score (nSPS) is 25.1. The highest BCUT2D eigenvalue weighted by Crippen LogP contribution is 2.37. The predicted octanol–water partition coefficient (Wildman–Crippen LogP) is 2.76. The fraction of sp³-hybridized carbons (Fsp3) is 0.462. The number of aliphatic carboxylic acids is 1. The van der Waals surface area contributed by atoms with E-state index < -0.39 is 12.0 Å². The highest BCUT2D eigenvalue weighted by molar-refractivity contribution is 9.10. The minimum absolute atomic E-state index is 0.338. The van der Waals surface area contributed by atoms with Crippen LogP contribution in [0.25, 0.3) is 0 Å². The molecule has 3 nitrogen and oxygen atoms in total. The zero-order chi connectivity index (χ0) is 12.4. The van der Waals surface area contributed by atoms with Crippen molar-refractivity contribution >= 4 is 21.9 Å². The van der Waals surface area contributed by atoms with Crippen LogP contribution in [-0.4, -0.2) is 23.2 Å². The molecule has 1 aliphatic carbocycles. The summed E-state index contributed by atoms with van der Waals surface area (Å²) >= 11 is 3.46. The summed E-state index contributed by atoms with van der Waals surface area (Å²) in [5.74, 6) is -0.220. The SMILES string of the molecule is C[C@@H](NC1CC(c2cccc(Br)c2)C1)C(=O)O.